The van der Waals surface area contributed by atoms with Gasteiger partial charge in [-0.3, -0.25) is 4.79 Å². The van der Waals surface area contributed by atoms with E-state index >= 15 is 0 Å². The van der Waals surface area contributed by atoms with E-state index in [2.05, 4.69) is 17.5 Å². The van der Waals surface area contributed by atoms with Crippen molar-refractivity contribution in [2.24, 2.45) is 17.8 Å². The smallest absolute Gasteiger partial charge is 0.223 e. The van der Waals surface area contributed by atoms with Crippen LogP contribution in [-0.4, -0.2) is 11.9 Å². The van der Waals surface area contributed by atoms with Crippen LogP contribution in [0.3, 0.4) is 0 Å². The van der Waals surface area contributed by atoms with Crippen molar-refractivity contribution < 1.29 is 4.79 Å². The van der Waals surface area contributed by atoms with Gasteiger partial charge < -0.3 is 5.32 Å². The van der Waals surface area contributed by atoms with Crippen LogP contribution >= 0.6 is 0 Å². The summed E-state index contributed by atoms with van der Waals surface area (Å²) in [5.74, 6) is 2.11. The van der Waals surface area contributed by atoms with Crippen LogP contribution in [0.5, 0.6) is 0 Å². The number of carbonyl (C=O) groups excluding carboxylic acids is 1. The molecule has 18 heavy (non-hydrogen) atoms. The summed E-state index contributed by atoms with van der Waals surface area (Å²) in [6, 6.07) is 0.483. The standard InChI is InChI=1S/C16H25NO/c18-16(17-12-8-4-3-5-9-12)15-13-10-6-1-2-7-11-14(13)15/h1-2,12-15H,3-11H2,(H,17,18)/b2-1-/t13-,14-/m1/s1. The summed E-state index contributed by atoms with van der Waals surface area (Å²) in [6.45, 7) is 0. The molecule has 3 aliphatic carbocycles. The van der Waals surface area contributed by atoms with E-state index in [0.717, 1.165) is 0 Å². The van der Waals surface area contributed by atoms with E-state index in [1.807, 2.05) is 0 Å². The molecule has 0 unspecified atom stereocenters. The molecule has 0 bridgehead atoms. The Balaban J connectivity index is 1.51. The van der Waals surface area contributed by atoms with Gasteiger partial charge in [0.15, 0.2) is 0 Å². The van der Waals surface area contributed by atoms with Crippen molar-refractivity contribution in [3.63, 3.8) is 0 Å². The van der Waals surface area contributed by atoms with E-state index in [-0.39, 0.29) is 0 Å². The minimum absolute atomic E-state index is 0.354. The average Bonchev–Trinajstić information content (AvgIpc) is 3.02. The normalized spacial score (nSPS) is 38.1. The van der Waals surface area contributed by atoms with Gasteiger partial charge in [-0.05, 0) is 50.4 Å². The molecule has 2 fully saturated rings. The van der Waals surface area contributed by atoms with Crippen LogP contribution in [-0.2, 0) is 4.79 Å². The lowest BCUT2D eigenvalue weighted by atomic mass is 9.95. The van der Waals surface area contributed by atoms with Crippen LogP contribution in [0.15, 0.2) is 12.2 Å². The van der Waals surface area contributed by atoms with Crippen LogP contribution < -0.4 is 5.32 Å². The second-order valence-electron chi connectivity index (χ2n) is 6.32. The first-order valence-corrected chi connectivity index (χ1v) is 7.81. The summed E-state index contributed by atoms with van der Waals surface area (Å²) in [4.78, 5) is 12.3. The Bertz CT molecular complexity index is 314. The molecule has 0 spiro atoms. The minimum atomic E-state index is 0.354. The second kappa shape index (κ2) is 5.46. The summed E-state index contributed by atoms with van der Waals surface area (Å²) >= 11 is 0. The average molecular weight is 247 g/mol. The summed E-state index contributed by atoms with van der Waals surface area (Å²) in [5.41, 5.74) is 0. The third-order valence-corrected chi connectivity index (χ3v) is 5.09. The van der Waals surface area contributed by atoms with Crippen LogP contribution in [0.4, 0.5) is 0 Å². The number of hydrogen-bond donors (Lipinski definition) is 1. The van der Waals surface area contributed by atoms with Gasteiger partial charge in [0.05, 0.1) is 0 Å². The molecular formula is C16H25NO. The molecule has 3 aliphatic rings. The predicted molar refractivity (Wildman–Crippen MR) is 73.1 cm³/mol. The number of rotatable bonds is 2. The second-order valence-corrected chi connectivity index (χ2v) is 6.32. The minimum Gasteiger partial charge on any atom is -0.353 e. The Labute approximate surface area is 110 Å². The van der Waals surface area contributed by atoms with Crippen LogP contribution in [0.25, 0.3) is 0 Å². The van der Waals surface area contributed by atoms with Crippen molar-refractivity contribution in [3.05, 3.63) is 12.2 Å². The van der Waals surface area contributed by atoms with Crippen LogP contribution in [0.2, 0.25) is 0 Å². The van der Waals surface area contributed by atoms with Gasteiger partial charge in [-0.25, -0.2) is 0 Å². The van der Waals surface area contributed by atoms with Crippen molar-refractivity contribution in [1.82, 2.24) is 5.32 Å². The Morgan fingerprint density at radius 2 is 1.50 bits per heavy atom. The number of hydrogen-bond acceptors (Lipinski definition) is 1. The number of carbonyl (C=O) groups is 1. The van der Waals surface area contributed by atoms with E-state index in [9.17, 15) is 4.79 Å². The quantitative estimate of drug-likeness (QED) is 0.744. The van der Waals surface area contributed by atoms with Crippen LogP contribution in [0, 0.1) is 17.8 Å². The molecule has 0 aromatic heterocycles. The van der Waals surface area contributed by atoms with Crippen molar-refractivity contribution in [2.45, 2.75) is 63.8 Å². The Morgan fingerprint density at radius 3 is 2.11 bits per heavy atom. The third-order valence-electron chi connectivity index (χ3n) is 5.09. The van der Waals surface area contributed by atoms with Crippen molar-refractivity contribution in [3.8, 4) is 0 Å². The molecule has 3 rings (SSSR count). The highest BCUT2D eigenvalue weighted by atomic mass is 16.2. The molecule has 1 amide bonds. The Morgan fingerprint density at radius 1 is 0.889 bits per heavy atom. The largest absolute Gasteiger partial charge is 0.353 e. The zero-order valence-corrected chi connectivity index (χ0v) is 11.2. The zero-order valence-electron chi connectivity index (χ0n) is 11.2. The van der Waals surface area contributed by atoms with Gasteiger partial charge in [0.25, 0.3) is 0 Å². The molecule has 0 aromatic rings. The van der Waals surface area contributed by atoms with E-state index < -0.39 is 0 Å². The maximum atomic E-state index is 12.3. The first kappa shape index (κ1) is 12.3. The fraction of sp³-hybridized carbons (Fsp3) is 0.812. The summed E-state index contributed by atoms with van der Waals surface area (Å²) in [6.07, 6.45) is 15.8. The molecular weight excluding hydrogens is 222 g/mol. The van der Waals surface area contributed by atoms with Crippen LogP contribution in [0.1, 0.15) is 57.8 Å². The molecule has 0 radical (unpaired) electrons. The third kappa shape index (κ3) is 2.62. The van der Waals surface area contributed by atoms with Gasteiger partial charge in [0.1, 0.15) is 0 Å². The number of allylic oxidation sites excluding steroid dienone is 2. The van der Waals surface area contributed by atoms with Crippen molar-refractivity contribution in [2.75, 3.05) is 0 Å². The summed E-state index contributed by atoms with van der Waals surface area (Å²) < 4.78 is 0. The van der Waals surface area contributed by atoms with Gasteiger partial charge >= 0.3 is 0 Å². The highest BCUT2D eigenvalue weighted by Gasteiger charge is 2.53. The first-order chi connectivity index (χ1) is 8.86. The first-order valence-electron chi connectivity index (χ1n) is 7.81. The fourth-order valence-corrected chi connectivity index (χ4v) is 3.98. The molecule has 0 heterocycles. The van der Waals surface area contributed by atoms with Crippen molar-refractivity contribution >= 4 is 5.91 Å². The molecule has 0 saturated heterocycles. The molecule has 1 N–H and O–H groups in total. The fourth-order valence-electron chi connectivity index (χ4n) is 3.98. The zero-order chi connectivity index (χ0) is 12.4. The molecule has 0 aromatic carbocycles. The number of amides is 1. The Hall–Kier alpha value is -0.790. The van der Waals surface area contributed by atoms with E-state index in [4.69, 9.17) is 0 Å². The SMILES string of the molecule is O=C(NC1CCCCC1)C1[C@@H]2CC/C=C\CC[C@@H]12. The molecule has 2 atom stereocenters. The molecule has 0 aliphatic heterocycles. The van der Waals surface area contributed by atoms with E-state index in [1.54, 1.807) is 0 Å². The highest BCUT2D eigenvalue weighted by molar-refractivity contribution is 5.82. The van der Waals surface area contributed by atoms with Gasteiger partial charge in [0.2, 0.25) is 5.91 Å². The van der Waals surface area contributed by atoms with Gasteiger partial charge in [-0.15, -0.1) is 0 Å². The predicted octanol–water partition coefficient (Wildman–Crippen LogP) is 3.43. The molecule has 2 heteroatoms. The van der Waals surface area contributed by atoms with E-state index in [0.29, 0.717) is 29.7 Å². The number of fused-ring (bicyclic) bond motifs is 1. The molecule has 2 nitrogen and oxygen atoms in total. The summed E-state index contributed by atoms with van der Waals surface area (Å²) in [7, 11) is 0. The maximum absolute atomic E-state index is 12.3. The monoisotopic (exact) mass is 247 g/mol. The van der Waals surface area contributed by atoms with Gasteiger partial charge in [-0.2, -0.15) is 0 Å². The number of nitrogens with one attached hydrogen (secondary N) is 1. The van der Waals surface area contributed by atoms with Gasteiger partial charge in [0, 0.05) is 12.0 Å². The van der Waals surface area contributed by atoms with Gasteiger partial charge in [-0.1, -0.05) is 31.4 Å². The lowest BCUT2D eigenvalue weighted by Gasteiger charge is -2.22. The topological polar surface area (TPSA) is 29.1 Å². The highest BCUT2D eigenvalue weighted by Crippen LogP contribution is 2.52. The van der Waals surface area contributed by atoms with E-state index in [1.165, 1.54) is 57.8 Å². The molecule has 100 valence electrons. The Kier molecular flexibility index (Phi) is 3.72. The lowest BCUT2D eigenvalue weighted by Crippen LogP contribution is -2.37. The van der Waals surface area contributed by atoms with Crippen molar-refractivity contribution in [1.29, 1.82) is 0 Å². The lowest BCUT2D eigenvalue weighted by molar-refractivity contribution is -0.123. The molecule has 2 saturated carbocycles. The summed E-state index contributed by atoms with van der Waals surface area (Å²) in [5, 5.41) is 3.32. The maximum Gasteiger partial charge on any atom is 0.223 e.